The van der Waals surface area contributed by atoms with Gasteiger partial charge in [-0.15, -0.1) is 0 Å². The van der Waals surface area contributed by atoms with Crippen LogP contribution in [0.2, 0.25) is 0 Å². The van der Waals surface area contributed by atoms with Gasteiger partial charge in [-0.05, 0) is 64.2 Å². The van der Waals surface area contributed by atoms with Crippen LogP contribution in [0.25, 0.3) is 0 Å². The zero-order chi connectivity index (χ0) is 49.3. The molecular weight excluding hydrogens is 839 g/mol. The Bertz CT molecular complexity index is 1100. The van der Waals surface area contributed by atoms with E-state index in [1.165, 1.54) is 244 Å². The summed E-state index contributed by atoms with van der Waals surface area (Å²) in [6, 6.07) is -0.627. The van der Waals surface area contributed by atoms with Crippen molar-refractivity contribution in [3.8, 4) is 0 Å². The maximum absolute atomic E-state index is 12.4. The number of aliphatic hydroxyl groups is 2. The normalized spacial score (nSPS) is 12.8. The third-order valence-corrected chi connectivity index (χ3v) is 13.9. The van der Waals surface area contributed by atoms with Crippen LogP contribution >= 0.6 is 0 Å². The fourth-order valence-corrected chi connectivity index (χ4v) is 9.25. The molecule has 2 atom stereocenters. The number of hydrogen-bond acceptors (Lipinski definition) is 5. The first kappa shape index (κ1) is 66.1. The standard InChI is InChI=1S/C62H117NO5/c1-3-5-7-9-11-13-15-17-18-29-32-36-40-44-48-52-56-62(67)68-57-53-49-45-41-37-33-30-27-25-23-21-19-20-22-24-26-28-31-35-39-43-47-51-55-61(66)63-59(58-64)60(65)54-50-46-42-38-34-16-14-12-10-8-6-4-2/h13,15,18,29,50,54,59-60,64-65H,3-12,14,16-17,19-28,30-49,51-53,55-58H2,1-2H3,(H,63,66)/b15-13-,29-18-,54-50+. The van der Waals surface area contributed by atoms with Crippen LogP contribution in [0.5, 0.6) is 0 Å². The summed E-state index contributed by atoms with van der Waals surface area (Å²) in [5, 5.41) is 23.0. The van der Waals surface area contributed by atoms with Gasteiger partial charge in [0.1, 0.15) is 0 Å². The van der Waals surface area contributed by atoms with Gasteiger partial charge >= 0.3 is 5.97 Å². The minimum Gasteiger partial charge on any atom is -0.466 e. The first-order chi connectivity index (χ1) is 33.5. The first-order valence-corrected chi connectivity index (χ1v) is 30.3. The second-order valence-corrected chi connectivity index (χ2v) is 20.7. The Balaban J connectivity index is 3.38. The van der Waals surface area contributed by atoms with Gasteiger partial charge in [0.05, 0.1) is 25.4 Å². The Hall–Kier alpha value is -1.92. The molecule has 0 bridgehead atoms. The highest BCUT2D eigenvalue weighted by Crippen LogP contribution is 2.17. The van der Waals surface area contributed by atoms with Gasteiger partial charge in [0.25, 0.3) is 0 Å². The fourth-order valence-electron chi connectivity index (χ4n) is 9.25. The zero-order valence-electron chi connectivity index (χ0n) is 45.6. The van der Waals surface area contributed by atoms with E-state index < -0.39 is 12.1 Å². The van der Waals surface area contributed by atoms with Crippen LogP contribution in [0.3, 0.4) is 0 Å². The molecule has 6 nitrogen and oxygen atoms in total. The van der Waals surface area contributed by atoms with E-state index in [2.05, 4.69) is 43.5 Å². The van der Waals surface area contributed by atoms with Crippen LogP contribution in [-0.4, -0.2) is 47.4 Å². The van der Waals surface area contributed by atoms with Crippen molar-refractivity contribution in [3.05, 3.63) is 36.5 Å². The van der Waals surface area contributed by atoms with Crippen molar-refractivity contribution in [3.63, 3.8) is 0 Å². The van der Waals surface area contributed by atoms with Crippen molar-refractivity contribution in [1.29, 1.82) is 0 Å². The van der Waals surface area contributed by atoms with Crippen LogP contribution in [0, 0.1) is 0 Å². The third kappa shape index (κ3) is 53.4. The Morgan fingerprint density at radius 2 is 0.735 bits per heavy atom. The molecule has 0 aromatic rings. The predicted molar refractivity (Wildman–Crippen MR) is 296 cm³/mol. The summed E-state index contributed by atoms with van der Waals surface area (Å²) in [5.41, 5.74) is 0. The molecule has 0 aliphatic carbocycles. The number of unbranched alkanes of at least 4 members (excludes halogenated alkanes) is 41. The fraction of sp³-hybridized carbons (Fsp3) is 0.871. The molecule has 1 amide bonds. The summed E-state index contributed by atoms with van der Waals surface area (Å²) in [4.78, 5) is 24.5. The number of carbonyl (C=O) groups is 2. The molecule has 0 spiro atoms. The molecule has 0 saturated carbocycles. The number of esters is 1. The van der Waals surface area contributed by atoms with Gasteiger partial charge in [0, 0.05) is 12.8 Å². The number of rotatable bonds is 56. The SMILES string of the molecule is CCCCCC/C=C\C/C=C\CCCCCCCC(=O)OCCCCCCCCCCCCCCCCCCCCCCCCCC(=O)NC(CO)C(O)/C=C/CCCCCCCCCCCC. The van der Waals surface area contributed by atoms with Crippen LogP contribution in [0.1, 0.15) is 322 Å². The maximum Gasteiger partial charge on any atom is 0.305 e. The van der Waals surface area contributed by atoms with Crippen LogP contribution in [-0.2, 0) is 14.3 Å². The highest BCUT2D eigenvalue weighted by molar-refractivity contribution is 5.76. The van der Waals surface area contributed by atoms with E-state index >= 15 is 0 Å². The van der Waals surface area contributed by atoms with Crippen molar-refractivity contribution in [2.45, 2.75) is 334 Å². The topological polar surface area (TPSA) is 95.9 Å². The summed E-state index contributed by atoms with van der Waals surface area (Å²) in [6.45, 7) is 4.88. The van der Waals surface area contributed by atoms with Crippen molar-refractivity contribution in [2.24, 2.45) is 0 Å². The minimum atomic E-state index is -0.843. The first-order valence-electron chi connectivity index (χ1n) is 30.3. The van der Waals surface area contributed by atoms with Crippen LogP contribution < -0.4 is 5.32 Å². The number of amides is 1. The van der Waals surface area contributed by atoms with Crippen molar-refractivity contribution in [1.82, 2.24) is 5.32 Å². The number of allylic oxidation sites excluding steroid dienone is 5. The molecule has 0 aliphatic rings. The quantitative estimate of drug-likeness (QED) is 0.0321. The monoisotopic (exact) mass is 956 g/mol. The molecule has 0 heterocycles. The van der Waals surface area contributed by atoms with Gasteiger partial charge in [0.15, 0.2) is 0 Å². The zero-order valence-corrected chi connectivity index (χ0v) is 45.6. The van der Waals surface area contributed by atoms with Crippen LogP contribution in [0.4, 0.5) is 0 Å². The largest absolute Gasteiger partial charge is 0.466 e. The van der Waals surface area contributed by atoms with Gasteiger partial charge in [0.2, 0.25) is 5.91 Å². The minimum absolute atomic E-state index is 0.000246. The van der Waals surface area contributed by atoms with E-state index in [0.29, 0.717) is 19.4 Å². The van der Waals surface area contributed by atoms with Gasteiger partial charge in [-0.3, -0.25) is 9.59 Å². The molecule has 2 unspecified atom stereocenters. The van der Waals surface area contributed by atoms with Crippen LogP contribution in [0.15, 0.2) is 36.5 Å². The summed E-state index contributed by atoms with van der Waals surface area (Å²) in [7, 11) is 0. The summed E-state index contributed by atoms with van der Waals surface area (Å²) >= 11 is 0. The van der Waals surface area contributed by atoms with Gasteiger partial charge in [-0.2, -0.15) is 0 Å². The number of ether oxygens (including phenoxy) is 1. The Morgan fingerprint density at radius 1 is 0.412 bits per heavy atom. The third-order valence-electron chi connectivity index (χ3n) is 13.9. The molecule has 6 heteroatoms. The maximum atomic E-state index is 12.4. The molecule has 0 radical (unpaired) electrons. The summed E-state index contributed by atoms with van der Waals surface area (Å²) < 4.78 is 5.48. The molecule has 0 aromatic carbocycles. The second kappa shape index (κ2) is 57.7. The molecule has 0 aliphatic heterocycles. The number of nitrogens with one attached hydrogen (secondary N) is 1. The summed E-state index contributed by atoms with van der Waals surface area (Å²) in [5.74, 6) is -0.0677. The van der Waals surface area contributed by atoms with Gasteiger partial charge < -0.3 is 20.3 Å². The molecule has 0 rings (SSSR count). The predicted octanol–water partition coefficient (Wildman–Crippen LogP) is 18.8. The Kier molecular flexibility index (Phi) is 56.0. The van der Waals surface area contributed by atoms with E-state index in [-0.39, 0.29) is 18.5 Å². The highest BCUT2D eigenvalue weighted by atomic mass is 16.5. The smallest absolute Gasteiger partial charge is 0.305 e. The lowest BCUT2D eigenvalue weighted by Gasteiger charge is -2.20. The highest BCUT2D eigenvalue weighted by Gasteiger charge is 2.18. The lowest BCUT2D eigenvalue weighted by Crippen LogP contribution is -2.45. The van der Waals surface area contributed by atoms with E-state index in [1.807, 2.05) is 6.08 Å². The van der Waals surface area contributed by atoms with Crippen molar-refractivity contribution >= 4 is 11.9 Å². The second-order valence-electron chi connectivity index (χ2n) is 20.7. The molecule has 0 fully saturated rings. The van der Waals surface area contributed by atoms with E-state index in [0.717, 1.165) is 51.4 Å². The van der Waals surface area contributed by atoms with Gasteiger partial charge in [-0.1, -0.05) is 281 Å². The number of aliphatic hydroxyl groups excluding tert-OH is 2. The lowest BCUT2D eigenvalue weighted by atomic mass is 10.0. The Labute approximate surface area is 424 Å². The number of hydrogen-bond donors (Lipinski definition) is 3. The van der Waals surface area contributed by atoms with E-state index in [1.54, 1.807) is 6.08 Å². The lowest BCUT2D eigenvalue weighted by molar-refractivity contribution is -0.143. The summed E-state index contributed by atoms with van der Waals surface area (Å²) in [6.07, 6.45) is 71.8. The van der Waals surface area contributed by atoms with Crippen molar-refractivity contribution < 1.29 is 24.5 Å². The molecular formula is C62H117NO5. The van der Waals surface area contributed by atoms with Gasteiger partial charge in [-0.25, -0.2) is 0 Å². The molecule has 0 saturated heterocycles. The van der Waals surface area contributed by atoms with Crippen molar-refractivity contribution in [2.75, 3.05) is 13.2 Å². The van der Waals surface area contributed by atoms with E-state index in [4.69, 9.17) is 4.74 Å². The molecule has 400 valence electrons. The average molecular weight is 957 g/mol. The molecule has 3 N–H and O–H groups in total. The molecule has 0 aromatic heterocycles. The molecule has 68 heavy (non-hydrogen) atoms. The average Bonchev–Trinajstić information content (AvgIpc) is 3.34. The van der Waals surface area contributed by atoms with E-state index in [9.17, 15) is 19.8 Å². The Morgan fingerprint density at radius 3 is 1.13 bits per heavy atom. The number of carbonyl (C=O) groups excluding carboxylic acids is 2.